The van der Waals surface area contributed by atoms with Crippen molar-refractivity contribution >= 4 is 5.97 Å². The van der Waals surface area contributed by atoms with Crippen LogP contribution in [0.15, 0.2) is 24.8 Å². The fraction of sp³-hybridized carbons (Fsp3) is 0.286. The van der Waals surface area contributed by atoms with Crippen LogP contribution in [-0.2, 0) is 9.53 Å². The van der Waals surface area contributed by atoms with E-state index in [2.05, 4.69) is 6.58 Å². The van der Waals surface area contributed by atoms with Crippen molar-refractivity contribution in [2.75, 3.05) is 13.2 Å². The van der Waals surface area contributed by atoms with Crippen molar-refractivity contribution in [3.63, 3.8) is 0 Å². The highest BCUT2D eigenvalue weighted by molar-refractivity contribution is 5.79. The van der Waals surface area contributed by atoms with Crippen LogP contribution in [0.1, 0.15) is 0 Å². The molecule has 1 N–H and O–H groups in total. The van der Waals surface area contributed by atoms with Crippen LogP contribution in [-0.4, -0.2) is 24.3 Å². The largest absolute Gasteiger partial charge is 0.478 e. The van der Waals surface area contributed by atoms with Gasteiger partial charge in [-0.05, 0) is 0 Å². The molecular weight excluding hydrogens is 132 g/mol. The smallest absolute Gasteiger partial charge is 0.328 e. The van der Waals surface area contributed by atoms with Gasteiger partial charge in [-0.25, -0.2) is 4.79 Å². The lowest BCUT2D eigenvalue weighted by Crippen LogP contribution is -1.92. The lowest BCUT2D eigenvalue weighted by atomic mass is 10.5. The molecule has 0 heterocycles. The summed E-state index contributed by atoms with van der Waals surface area (Å²) in [6, 6.07) is 0. The quantitative estimate of drug-likeness (QED) is 0.351. The molecule has 10 heavy (non-hydrogen) atoms. The van der Waals surface area contributed by atoms with E-state index in [0.717, 1.165) is 6.08 Å². The number of carboxylic acids is 1. The third-order valence-corrected chi connectivity index (χ3v) is 0.710. The SMILES string of the molecule is C=CCOC/C=C/C(=O)O. The molecule has 0 atom stereocenters. The van der Waals surface area contributed by atoms with Crippen molar-refractivity contribution in [1.29, 1.82) is 0 Å². The van der Waals surface area contributed by atoms with Crippen LogP contribution in [0.3, 0.4) is 0 Å². The molecule has 56 valence electrons. The average molecular weight is 142 g/mol. The van der Waals surface area contributed by atoms with Gasteiger partial charge in [0.05, 0.1) is 13.2 Å². The van der Waals surface area contributed by atoms with Crippen LogP contribution in [0.4, 0.5) is 0 Å². The van der Waals surface area contributed by atoms with Crippen molar-refractivity contribution in [3.05, 3.63) is 24.8 Å². The summed E-state index contributed by atoms with van der Waals surface area (Å²) in [7, 11) is 0. The maximum absolute atomic E-state index is 9.87. The van der Waals surface area contributed by atoms with Crippen LogP contribution < -0.4 is 0 Å². The number of ether oxygens (including phenoxy) is 1. The lowest BCUT2D eigenvalue weighted by molar-refractivity contribution is -0.131. The first kappa shape index (κ1) is 8.91. The first-order valence-corrected chi connectivity index (χ1v) is 2.85. The molecule has 0 saturated heterocycles. The second-order valence-corrected chi connectivity index (χ2v) is 1.57. The highest BCUT2D eigenvalue weighted by atomic mass is 16.5. The van der Waals surface area contributed by atoms with Gasteiger partial charge in [0.1, 0.15) is 0 Å². The Hall–Kier alpha value is -1.09. The molecule has 0 radical (unpaired) electrons. The second-order valence-electron chi connectivity index (χ2n) is 1.57. The van der Waals surface area contributed by atoms with E-state index in [4.69, 9.17) is 9.84 Å². The molecule has 0 aliphatic carbocycles. The summed E-state index contributed by atoms with van der Waals surface area (Å²) in [5, 5.41) is 8.11. The van der Waals surface area contributed by atoms with E-state index >= 15 is 0 Å². The summed E-state index contributed by atoms with van der Waals surface area (Å²) in [4.78, 5) is 9.87. The van der Waals surface area contributed by atoms with E-state index in [0.29, 0.717) is 13.2 Å². The zero-order chi connectivity index (χ0) is 7.82. The minimum atomic E-state index is -0.956. The highest BCUT2D eigenvalue weighted by Crippen LogP contribution is 1.77. The van der Waals surface area contributed by atoms with E-state index in [-0.39, 0.29) is 0 Å². The summed E-state index contributed by atoms with van der Waals surface area (Å²) in [6.07, 6.45) is 4.09. The first-order chi connectivity index (χ1) is 4.77. The molecule has 3 heteroatoms. The van der Waals surface area contributed by atoms with Gasteiger partial charge in [-0.15, -0.1) is 6.58 Å². The lowest BCUT2D eigenvalue weighted by Gasteiger charge is -1.91. The minimum absolute atomic E-state index is 0.318. The van der Waals surface area contributed by atoms with Crippen molar-refractivity contribution in [1.82, 2.24) is 0 Å². The molecule has 0 fully saturated rings. The highest BCUT2D eigenvalue weighted by Gasteiger charge is 1.83. The molecule has 0 aliphatic heterocycles. The zero-order valence-electron chi connectivity index (χ0n) is 5.62. The summed E-state index contributed by atoms with van der Waals surface area (Å²) in [5.74, 6) is -0.956. The van der Waals surface area contributed by atoms with E-state index in [1.807, 2.05) is 0 Å². The fourth-order valence-corrected chi connectivity index (χ4v) is 0.368. The Balaban J connectivity index is 3.18. The Morgan fingerprint density at radius 2 is 2.30 bits per heavy atom. The third-order valence-electron chi connectivity index (χ3n) is 0.710. The topological polar surface area (TPSA) is 46.5 Å². The van der Waals surface area contributed by atoms with E-state index in [1.165, 1.54) is 6.08 Å². The van der Waals surface area contributed by atoms with Crippen LogP contribution >= 0.6 is 0 Å². The van der Waals surface area contributed by atoms with Gasteiger partial charge in [-0.3, -0.25) is 0 Å². The number of aliphatic carboxylic acids is 1. The van der Waals surface area contributed by atoms with Crippen molar-refractivity contribution in [2.45, 2.75) is 0 Å². The molecule has 0 amide bonds. The van der Waals surface area contributed by atoms with E-state index in [9.17, 15) is 4.79 Å². The van der Waals surface area contributed by atoms with Gasteiger partial charge < -0.3 is 9.84 Å². The Morgan fingerprint density at radius 3 is 2.80 bits per heavy atom. The van der Waals surface area contributed by atoms with Gasteiger partial charge in [-0.1, -0.05) is 12.2 Å². The molecule has 0 aromatic heterocycles. The van der Waals surface area contributed by atoms with Crippen molar-refractivity contribution < 1.29 is 14.6 Å². The number of rotatable bonds is 5. The number of carbonyl (C=O) groups is 1. The summed E-state index contributed by atoms with van der Waals surface area (Å²) in [5.41, 5.74) is 0. The molecule has 0 spiro atoms. The van der Waals surface area contributed by atoms with Gasteiger partial charge in [0.2, 0.25) is 0 Å². The van der Waals surface area contributed by atoms with Gasteiger partial charge in [0.15, 0.2) is 0 Å². The van der Waals surface area contributed by atoms with E-state index in [1.54, 1.807) is 6.08 Å². The molecule has 0 rings (SSSR count). The van der Waals surface area contributed by atoms with E-state index < -0.39 is 5.97 Å². The van der Waals surface area contributed by atoms with Crippen LogP contribution in [0.2, 0.25) is 0 Å². The number of hydrogen-bond acceptors (Lipinski definition) is 2. The maximum Gasteiger partial charge on any atom is 0.328 e. The Bertz CT molecular complexity index is 138. The monoisotopic (exact) mass is 142 g/mol. The third kappa shape index (κ3) is 6.91. The van der Waals surface area contributed by atoms with Crippen LogP contribution in [0.25, 0.3) is 0 Å². The predicted octanol–water partition coefficient (Wildman–Crippen LogP) is 0.830. The average Bonchev–Trinajstić information content (AvgIpc) is 1.87. The van der Waals surface area contributed by atoms with Gasteiger partial charge >= 0.3 is 5.97 Å². The predicted molar refractivity (Wildman–Crippen MR) is 37.8 cm³/mol. The van der Waals surface area contributed by atoms with Crippen LogP contribution in [0.5, 0.6) is 0 Å². The van der Waals surface area contributed by atoms with Crippen molar-refractivity contribution in [2.24, 2.45) is 0 Å². The summed E-state index contributed by atoms with van der Waals surface area (Å²) >= 11 is 0. The Kier molecular flexibility index (Phi) is 5.38. The molecular formula is C7H10O3. The first-order valence-electron chi connectivity index (χ1n) is 2.85. The van der Waals surface area contributed by atoms with Crippen LogP contribution in [0, 0.1) is 0 Å². The molecule has 0 bridgehead atoms. The molecule has 0 unspecified atom stereocenters. The van der Waals surface area contributed by atoms with Gasteiger partial charge in [-0.2, -0.15) is 0 Å². The number of hydrogen-bond donors (Lipinski definition) is 1. The Morgan fingerprint density at radius 1 is 1.60 bits per heavy atom. The van der Waals surface area contributed by atoms with Crippen molar-refractivity contribution in [3.8, 4) is 0 Å². The molecule has 3 nitrogen and oxygen atoms in total. The fourth-order valence-electron chi connectivity index (χ4n) is 0.368. The normalized spacial score (nSPS) is 10.0. The summed E-state index contributed by atoms with van der Waals surface area (Å²) < 4.78 is 4.86. The minimum Gasteiger partial charge on any atom is -0.478 e. The molecule has 0 aromatic carbocycles. The summed E-state index contributed by atoms with van der Waals surface area (Å²) in [6.45, 7) is 4.19. The molecule has 0 saturated carbocycles. The number of carboxylic acid groups (broad SMARTS) is 1. The second kappa shape index (κ2) is 6.04. The molecule has 0 aromatic rings. The Labute approximate surface area is 59.6 Å². The maximum atomic E-state index is 9.87. The van der Waals surface area contributed by atoms with Gasteiger partial charge in [0.25, 0.3) is 0 Å². The molecule has 0 aliphatic rings. The van der Waals surface area contributed by atoms with Gasteiger partial charge in [0, 0.05) is 6.08 Å². The standard InChI is InChI=1S/C7H10O3/c1-2-5-10-6-3-4-7(8)9/h2-4H,1,5-6H2,(H,8,9)/b4-3+. The zero-order valence-corrected chi connectivity index (χ0v) is 5.62.